The van der Waals surface area contributed by atoms with Crippen LogP contribution in [0.4, 0.5) is 0 Å². The van der Waals surface area contributed by atoms with Crippen LogP contribution in [0, 0.1) is 0 Å². The molecule has 1 saturated heterocycles. The molecule has 1 heterocycles. The molecule has 2 aliphatic rings. The van der Waals surface area contributed by atoms with Gasteiger partial charge in [0.15, 0.2) is 6.35 Å². The summed E-state index contributed by atoms with van der Waals surface area (Å²) in [5, 5.41) is 16.1. The smallest absolute Gasteiger partial charge is 0.161 e. The summed E-state index contributed by atoms with van der Waals surface area (Å²) in [6.45, 7) is 0.843. The molecule has 1 atom stereocenters. The van der Waals surface area contributed by atoms with Crippen LogP contribution in [0.1, 0.15) is 31.2 Å². The lowest BCUT2D eigenvalue weighted by Gasteiger charge is -2.49. The van der Waals surface area contributed by atoms with Gasteiger partial charge in [0.1, 0.15) is 5.75 Å². The Labute approximate surface area is 132 Å². The molecule has 5 nitrogen and oxygen atoms in total. The van der Waals surface area contributed by atoms with Crippen molar-refractivity contribution in [3.63, 3.8) is 0 Å². The molecule has 1 aromatic rings. The van der Waals surface area contributed by atoms with Crippen molar-refractivity contribution in [1.29, 1.82) is 0 Å². The summed E-state index contributed by atoms with van der Waals surface area (Å²) in [5.41, 5.74) is 1.39. The summed E-state index contributed by atoms with van der Waals surface area (Å²) >= 11 is 0. The highest BCUT2D eigenvalue weighted by atomic mass is 16.5. The zero-order chi connectivity index (χ0) is 15.8. The second kappa shape index (κ2) is 5.81. The molecule has 3 rings (SSSR count). The molecule has 1 aliphatic heterocycles. The molecule has 1 unspecified atom stereocenters. The molecule has 1 spiro atoms. The van der Waals surface area contributed by atoms with Crippen LogP contribution in [-0.2, 0) is 5.54 Å². The molecule has 0 radical (unpaired) electrons. The molecule has 0 aromatic heterocycles. The number of rotatable bonds is 3. The number of nitrogens with one attached hydrogen (secondary N) is 2. The van der Waals surface area contributed by atoms with Crippen molar-refractivity contribution in [2.75, 3.05) is 27.7 Å². The summed E-state index contributed by atoms with van der Waals surface area (Å²) in [6, 6.07) is 8.43. The van der Waals surface area contributed by atoms with Gasteiger partial charge in [0.05, 0.1) is 7.11 Å². The predicted octanol–water partition coefficient (Wildman–Crippen LogP) is 1.23. The Morgan fingerprint density at radius 1 is 1.23 bits per heavy atom. The standard InChI is InChI=1S/C17H27N3O2/c1-20(2)17(13-5-4-6-14(11-13)22-3)9-7-16(8-10-17)12-18-15(21)19-16/h4-6,11,15,18-19,21H,7-10,12H2,1-3H3. The Balaban J connectivity index is 1.85. The van der Waals surface area contributed by atoms with E-state index in [0.29, 0.717) is 0 Å². The maximum atomic E-state index is 9.72. The van der Waals surface area contributed by atoms with Crippen molar-refractivity contribution in [3.8, 4) is 5.75 Å². The van der Waals surface area contributed by atoms with Crippen LogP contribution >= 0.6 is 0 Å². The number of benzene rings is 1. The maximum absolute atomic E-state index is 9.72. The lowest BCUT2D eigenvalue weighted by Crippen LogP contribution is -2.54. The fraction of sp³-hybridized carbons (Fsp3) is 0.647. The van der Waals surface area contributed by atoms with Crippen LogP contribution in [0.25, 0.3) is 0 Å². The van der Waals surface area contributed by atoms with E-state index < -0.39 is 6.35 Å². The minimum absolute atomic E-state index is 0.0367. The number of hydrogen-bond acceptors (Lipinski definition) is 5. The van der Waals surface area contributed by atoms with Crippen LogP contribution in [0.3, 0.4) is 0 Å². The highest BCUT2D eigenvalue weighted by Crippen LogP contribution is 2.45. The summed E-state index contributed by atoms with van der Waals surface area (Å²) in [6.07, 6.45) is 3.66. The number of ether oxygens (including phenoxy) is 1. The van der Waals surface area contributed by atoms with E-state index in [1.165, 1.54) is 5.56 Å². The Kier molecular flexibility index (Phi) is 4.16. The van der Waals surface area contributed by atoms with Gasteiger partial charge in [-0.05, 0) is 57.5 Å². The van der Waals surface area contributed by atoms with E-state index in [0.717, 1.165) is 38.0 Å². The molecule has 0 amide bonds. The first-order valence-corrected chi connectivity index (χ1v) is 8.01. The van der Waals surface area contributed by atoms with Gasteiger partial charge in [-0.15, -0.1) is 0 Å². The molecule has 122 valence electrons. The first-order chi connectivity index (χ1) is 10.5. The summed E-state index contributed by atoms with van der Waals surface area (Å²) < 4.78 is 5.40. The summed E-state index contributed by atoms with van der Waals surface area (Å²) in [7, 11) is 6.03. The van der Waals surface area contributed by atoms with Crippen LogP contribution in [0.2, 0.25) is 0 Å². The quantitative estimate of drug-likeness (QED) is 0.784. The van der Waals surface area contributed by atoms with Gasteiger partial charge in [-0.2, -0.15) is 0 Å². The SMILES string of the molecule is COc1cccc(C2(N(C)C)CCC3(CC2)CNC(O)N3)c1. The molecular weight excluding hydrogens is 278 g/mol. The van der Waals surface area contributed by atoms with E-state index in [-0.39, 0.29) is 11.1 Å². The molecule has 1 aromatic carbocycles. The van der Waals surface area contributed by atoms with Crippen molar-refractivity contribution in [1.82, 2.24) is 15.5 Å². The third-order valence-corrected chi connectivity index (χ3v) is 5.57. The van der Waals surface area contributed by atoms with Crippen molar-refractivity contribution < 1.29 is 9.84 Å². The number of nitrogens with zero attached hydrogens (tertiary/aromatic N) is 1. The van der Waals surface area contributed by atoms with Gasteiger partial charge in [0, 0.05) is 17.6 Å². The van der Waals surface area contributed by atoms with E-state index in [1.54, 1.807) is 7.11 Å². The van der Waals surface area contributed by atoms with Gasteiger partial charge < -0.3 is 9.84 Å². The average Bonchev–Trinajstić information content (AvgIpc) is 2.89. The normalized spacial score (nSPS) is 35.2. The Morgan fingerprint density at radius 3 is 2.50 bits per heavy atom. The Morgan fingerprint density at radius 2 is 1.95 bits per heavy atom. The fourth-order valence-corrected chi connectivity index (χ4v) is 4.05. The van der Waals surface area contributed by atoms with E-state index in [1.807, 2.05) is 6.07 Å². The minimum Gasteiger partial charge on any atom is -0.497 e. The zero-order valence-electron chi connectivity index (χ0n) is 13.7. The third kappa shape index (κ3) is 2.63. The number of methoxy groups -OCH3 is 1. The number of hydrogen-bond donors (Lipinski definition) is 3. The second-order valence-electron chi connectivity index (χ2n) is 6.87. The van der Waals surface area contributed by atoms with E-state index in [4.69, 9.17) is 4.74 Å². The molecule has 3 N–H and O–H groups in total. The first kappa shape index (κ1) is 15.7. The van der Waals surface area contributed by atoms with Gasteiger partial charge >= 0.3 is 0 Å². The Hall–Kier alpha value is -1.14. The first-order valence-electron chi connectivity index (χ1n) is 8.01. The van der Waals surface area contributed by atoms with Gasteiger partial charge in [-0.1, -0.05) is 12.1 Å². The van der Waals surface area contributed by atoms with E-state index in [2.05, 4.69) is 47.8 Å². The highest BCUT2D eigenvalue weighted by molar-refractivity contribution is 5.34. The van der Waals surface area contributed by atoms with E-state index >= 15 is 0 Å². The summed E-state index contributed by atoms with van der Waals surface area (Å²) in [4.78, 5) is 2.34. The van der Waals surface area contributed by atoms with E-state index in [9.17, 15) is 5.11 Å². The van der Waals surface area contributed by atoms with Crippen molar-refractivity contribution >= 4 is 0 Å². The second-order valence-corrected chi connectivity index (χ2v) is 6.87. The van der Waals surface area contributed by atoms with Crippen molar-refractivity contribution in [2.24, 2.45) is 0 Å². The molecule has 1 aliphatic carbocycles. The van der Waals surface area contributed by atoms with Crippen LogP contribution < -0.4 is 15.4 Å². The minimum atomic E-state index is -0.566. The molecule has 22 heavy (non-hydrogen) atoms. The lowest BCUT2D eigenvalue weighted by molar-refractivity contribution is 0.0502. The van der Waals surface area contributed by atoms with Gasteiger partial charge in [-0.3, -0.25) is 15.5 Å². The molecule has 5 heteroatoms. The lowest BCUT2D eigenvalue weighted by atomic mass is 9.69. The predicted molar refractivity (Wildman–Crippen MR) is 86.7 cm³/mol. The third-order valence-electron chi connectivity index (χ3n) is 5.57. The van der Waals surface area contributed by atoms with Crippen LogP contribution in [0.15, 0.2) is 24.3 Å². The van der Waals surface area contributed by atoms with Crippen molar-refractivity contribution in [2.45, 2.75) is 43.1 Å². The number of aliphatic hydroxyl groups excluding tert-OH is 1. The topological polar surface area (TPSA) is 56.8 Å². The van der Waals surface area contributed by atoms with Crippen molar-refractivity contribution in [3.05, 3.63) is 29.8 Å². The van der Waals surface area contributed by atoms with Crippen LogP contribution in [-0.4, -0.2) is 49.6 Å². The molecular formula is C17H27N3O2. The Bertz CT molecular complexity index is 524. The average molecular weight is 305 g/mol. The highest BCUT2D eigenvalue weighted by Gasteiger charge is 2.47. The molecule has 1 saturated carbocycles. The summed E-state index contributed by atoms with van der Waals surface area (Å²) in [5.74, 6) is 0.912. The molecule has 0 bridgehead atoms. The monoisotopic (exact) mass is 305 g/mol. The number of aliphatic hydroxyl groups is 1. The maximum Gasteiger partial charge on any atom is 0.161 e. The van der Waals surface area contributed by atoms with Gasteiger partial charge in [0.25, 0.3) is 0 Å². The zero-order valence-corrected chi connectivity index (χ0v) is 13.7. The van der Waals surface area contributed by atoms with Gasteiger partial charge in [-0.25, -0.2) is 0 Å². The fourth-order valence-electron chi connectivity index (χ4n) is 4.05. The largest absolute Gasteiger partial charge is 0.497 e. The van der Waals surface area contributed by atoms with Gasteiger partial charge in [0.2, 0.25) is 0 Å². The van der Waals surface area contributed by atoms with Crippen LogP contribution in [0.5, 0.6) is 5.75 Å². The molecule has 2 fully saturated rings.